The lowest BCUT2D eigenvalue weighted by atomic mass is 10.2. The first kappa shape index (κ1) is 14.0. The summed E-state index contributed by atoms with van der Waals surface area (Å²) >= 11 is 3.23. The minimum absolute atomic E-state index is 0.284. The van der Waals surface area contributed by atoms with Crippen LogP contribution in [0, 0.1) is 11.3 Å². The van der Waals surface area contributed by atoms with Gasteiger partial charge in [-0.1, -0.05) is 15.9 Å². The lowest BCUT2D eigenvalue weighted by Gasteiger charge is -2.20. The zero-order valence-corrected chi connectivity index (χ0v) is 12.2. The van der Waals surface area contributed by atoms with E-state index in [0.29, 0.717) is 5.69 Å². The van der Waals surface area contributed by atoms with Gasteiger partial charge in [0.05, 0.1) is 16.0 Å². The molecule has 0 heterocycles. The first-order chi connectivity index (χ1) is 7.67. The Hall–Kier alpha value is -1.06. The van der Waals surface area contributed by atoms with Gasteiger partial charge in [0.2, 0.25) is 10.0 Å². The van der Waals surface area contributed by atoms with E-state index < -0.39 is 14.8 Å². The molecule has 17 heavy (non-hydrogen) atoms. The Labute approximate surface area is 110 Å². The Bertz CT molecular complexity index is 568. The minimum Gasteiger partial charge on any atom is -0.282 e. The van der Waals surface area contributed by atoms with E-state index in [-0.39, 0.29) is 5.56 Å². The molecule has 1 rings (SSSR count). The molecule has 0 aliphatic rings. The third-order valence-corrected chi connectivity index (χ3v) is 4.75. The highest BCUT2D eigenvalue weighted by molar-refractivity contribution is 9.10. The van der Waals surface area contributed by atoms with Gasteiger partial charge in [0.25, 0.3) is 0 Å². The van der Waals surface area contributed by atoms with Gasteiger partial charge >= 0.3 is 0 Å². The van der Waals surface area contributed by atoms with Gasteiger partial charge in [-0.3, -0.25) is 4.72 Å². The molecule has 4 nitrogen and oxygen atoms in total. The summed E-state index contributed by atoms with van der Waals surface area (Å²) in [6, 6.07) is 6.77. The first-order valence-corrected chi connectivity index (χ1v) is 7.17. The van der Waals surface area contributed by atoms with Gasteiger partial charge in [-0.15, -0.1) is 0 Å². The van der Waals surface area contributed by atoms with E-state index in [1.165, 1.54) is 0 Å². The molecule has 0 aromatic heterocycles. The maximum atomic E-state index is 11.9. The van der Waals surface area contributed by atoms with Crippen LogP contribution in [0.25, 0.3) is 0 Å². The Morgan fingerprint density at radius 1 is 1.35 bits per heavy atom. The highest BCUT2D eigenvalue weighted by atomic mass is 79.9. The molecule has 0 spiro atoms. The van der Waals surface area contributed by atoms with Crippen molar-refractivity contribution < 1.29 is 8.42 Å². The predicted octanol–water partition coefficient (Wildman–Crippen LogP) is 2.86. The maximum Gasteiger partial charge on any atom is 0.237 e. The van der Waals surface area contributed by atoms with Crippen molar-refractivity contribution in [3.63, 3.8) is 0 Å². The Morgan fingerprint density at radius 2 is 1.94 bits per heavy atom. The Balaban J connectivity index is 3.19. The molecular formula is C11H13BrN2O2S. The third kappa shape index (κ3) is 3.20. The lowest BCUT2D eigenvalue weighted by Crippen LogP contribution is -2.33. The molecule has 0 aliphatic carbocycles. The van der Waals surface area contributed by atoms with Crippen LogP contribution in [-0.4, -0.2) is 13.2 Å². The quantitative estimate of drug-likeness (QED) is 0.912. The van der Waals surface area contributed by atoms with Crippen LogP contribution in [0.5, 0.6) is 0 Å². The van der Waals surface area contributed by atoms with Crippen molar-refractivity contribution in [2.75, 3.05) is 4.72 Å². The van der Waals surface area contributed by atoms with E-state index >= 15 is 0 Å². The van der Waals surface area contributed by atoms with Crippen molar-refractivity contribution in [2.45, 2.75) is 25.5 Å². The van der Waals surface area contributed by atoms with E-state index in [9.17, 15) is 8.42 Å². The molecule has 0 bridgehead atoms. The van der Waals surface area contributed by atoms with Gasteiger partial charge in [-0.05, 0) is 39.0 Å². The van der Waals surface area contributed by atoms with E-state index in [4.69, 9.17) is 5.26 Å². The second-order valence-corrected chi connectivity index (χ2v) is 7.87. The average Bonchev–Trinajstić information content (AvgIpc) is 2.18. The molecule has 0 fully saturated rings. The van der Waals surface area contributed by atoms with Gasteiger partial charge in [0.15, 0.2) is 0 Å². The van der Waals surface area contributed by atoms with Crippen LogP contribution >= 0.6 is 15.9 Å². The predicted molar refractivity (Wildman–Crippen MR) is 71.2 cm³/mol. The number of nitriles is 1. The van der Waals surface area contributed by atoms with Gasteiger partial charge in [-0.25, -0.2) is 8.42 Å². The normalized spacial score (nSPS) is 11.9. The number of nitrogens with zero attached hydrogens (tertiary/aromatic N) is 1. The summed E-state index contributed by atoms with van der Waals surface area (Å²) in [5.41, 5.74) is 0.581. The number of rotatable bonds is 2. The Kier molecular flexibility index (Phi) is 3.84. The van der Waals surface area contributed by atoms with E-state index in [1.54, 1.807) is 39.0 Å². The Morgan fingerprint density at radius 3 is 2.41 bits per heavy atom. The first-order valence-electron chi connectivity index (χ1n) is 4.89. The monoisotopic (exact) mass is 316 g/mol. The van der Waals surface area contributed by atoms with Crippen molar-refractivity contribution in [3.8, 4) is 6.07 Å². The van der Waals surface area contributed by atoms with Gasteiger partial charge in [0, 0.05) is 4.47 Å². The van der Waals surface area contributed by atoms with Gasteiger partial charge in [0.1, 0.15) is 6.07 Å². The number of sulfonamides is 1. The second-order valence-electron chi connectivity index (χ2n) is 4.52. The van der Waals surface area contributed by atoms with Crippen molar-refractivity contribution in [1.82, 2.24) is 0 Å². The average molecular weight is 317 g/mol. The van der Waals surface area contributed by atoms with Crippen LogP contribution in [0.1, 0.15) is 26.3 Å². The molecule has 0 atom stereocenters. The van der Waals surface area contributed by atoms with Crippen molar-refractivity contribution >= 4 is 31.6 Å². The highest BCUT2D eigenvalue weighted by Crippen LogP contribution is 2.24. The second kappa shape index (κ2) is 4.67. The SMILES string of the molecule is CC(C)(C)S(=O)(=O)Nc1ccc(Br)cc1C#N. The molecule has 1 N–H and O–H groups in total. The zero-order chi connectivity index (χ0) is 13.3. The molecular weight excluding hydrogens is 304 g/mol. The number of benzene rings is 1. The van der Waals surface area contributed by atoms with Crippen molar-refractivity contribution in [3.05, 3.63) is 28.2 Å². The largest absolute Gasteiger partial charge is 0.282 e. The van der Waals surface area contributed by atoms with Gasteiger partial charge < -0.3 is 0 Å². The molecule has 0 saturated heterocycles. The number of anilines is 1. The molecule has 92 valence electrons. The molecule has 6 heteroatoms. The van der Waals surface area contributed by atoms with Crippen LogP contribution in [0.4, 0.5) is 5.69 Å². The van der Waals surface area contributed by atoms with Crippen molar-refractivity contribution in [1.29, 1.82) is 5.26 Å². The summed E-state index contributed by atoms with van der Waals surface area (Å²) in [6.45, 7) is 4.79. The fourth-order valence-electron chi connectivity index (χ4n) is 0.996. The summed E-state index contributed by atoms with van der Waals surface area (Å²) < 4.78 is 26.1. The van der Waals surface area contributed by atoms with Crippen LogP contribution in [0.15, 0.2) is 22.7 Å². The molecule has 0 radical (unpaired) electrons. The number of nitrogens with one attached hydrogen (secondary N) is 1. The molecule has 1 aromatic carbocycles. The van der Waals surface area contributed by atoms with Crippen LogP contribution in [0.3, 0.4) is 0 Å². The van der Waals surface area contributed by atoms with Crippen LogP contribution in [0.2, 0.25) is 0 Å². The lowest BCUT2D eigenvalue weighted by molar-refractivity contribution is 0.566. The molecule has 0 aliphatic heterocycles. The molecule has 0 unspecified atom stereocenters. The summed E-state index contributed by atoms with van der Waals surface area (Å²) in [6.07, 6.45) is 0. The van der Waals surface area contributed by atoms with Gasteiger partial charge in [-0.2, -0.15) is 5.26 Å². The molecule has 0 amide bonds. The maximum absolute atomic E-state index is 11.9. The topological polar surface area (TPSA) is 70.0 Å². The minimum atomic E-state index is -3.51. The summed E-state index contributed by atoms with van der Waals surface area (Å²) in [5, 5.41) is 8.94. The number of halogens is 1. The summed E-state index contributed by atoms with van der Waals surface area (Å²) in [7, 11) is -3.51. The van der Waals surface area contributed by atoms with E-state index in [2.05, 4.69) is 20.7 Å². The van der Waals surface area contributed by atoms with Crippen molar-refractivity contribution in [2.24, 2.45) is 0 Å². The van der Waals surface area contributed by atoms with Crippen LogP contribution in [-0.2, 0) is 10.0 Å². The highest BCUT2D eigenvalue weighted by Gasteiger charge is 2.29. The fraction of sp³-hybridized carbons (Fsp3) is 0.364. The number of hydrogen-bond acceptors (Lipinski definition) is 3. The third-order valence-electron chi connectivity index (χ3n) is 2.15. The zero-order valence-electron chi connectivity index (χ0n) is 9.78. The van der Waals surface area contributed by atoms with E-state index in [0.717, 1.165) is 4.47 Å². The standard InChI is InChI=1S/C11H13BrN2O2S/c1-11(2,3)17(15,16)14-10-5-4-9(12)6-8(10)7-13/h4-6,14H,1-3H3. The smallest absolute Gasteiger partial charge is 0.237 e. The summed E-state index contributed by atoms with van der Waals surface area (Å²) in [4.78, 5) is 0. The fourth-order valence-corrected chi connectivity index (χ4v) is 2.13. The molecule has 1 aromatic rings. The summed E-state index contributed by atoms with van der Waals surface area (Å²) in [5.74, 6) is 0. The number of hydrogen-bond donors (Lipinski definition) is 1. The molecule has 0 saturated carbocycles. The van der Waals surface area contributed by atoms with E-state index in [1.807, 2.05) is 6.07 Å². The van der Waals surface area contributed by atoms with Crippen LogP contribution < -0.4 is 4.72 Å².